The van der Waals surface area contributed by atoms with Crippen molar-refractivity contribution in [3.05, 3.63) is 24.0 Å². The van der Waals surface area contributed by atoms with Crippen LogP contribution in [0.15, 0.2) is 23.1 Å². The molecule has 1 rings (SSSR count). The monoisotopic (exact) mass is 157 g/mol. The van der Waals surface area contributed by atoms with E-state index >= 15 is 0 Å². The fraction of sp³-hybridized carbons (Fsp3) is 0.143. The molecule has 10 heavy (non-hydrogen) atoms. The van der Waals surface area contributed by atoms with Gasteiger partial charge in [-0.2, -0.15) is 0 Å². The smallest absolute Gasteiger partial charge is 0.144 e. The van der Waals surface area contributed by atoms with Crippen molar-refractivity contribution < 1.29 is 9.13 Å². The number of methoxy groups -OCH3 is 1. The zero-order valence-corrected chi connectivity index (χ0v) is 6.24. The zero-order valence-electron chi connectivity index (χ0n) is 5.43. The SMILES string of the molecule is COc1ccc([S])c(F)c1. The molecule has 1 aromatic rings. The summed E-state index contributed by atoms with van der Waals surface area (Å²) in [7, 11) is 1.48. The standard InChI is InChI=1S/C7H6FOS/c1-9-5-2-3-7(10)6(8)4-5/h2-4H,1H3. The molecule has 0 heterocycles. The Bertz CT molecular complexity index is 237. The van der Waals surface area contributed by atoms with Gasteiger partial charge in [-0.1, -0.05) is 12.6 Å². The van der Waals surface area contributed by atoms with Gasteiger partial charge in [-0.3, -0.25) is 0 Å². The Labute approximate surface area is 64.2 Å². The highest BCUT2D eigenvalue weighted by Gasteiger charge is 1.98. The Morgan fingerprint density at radius 1 is 1.50 bits per heavy atom. The van der Waals surface area contributed by atoms with E-state index in [0.29, 0.717) is 5.75 Å². The van der Waals surface area contributed by atoms with E-state index < -0.39 is 5.82 Å². The molecular formula is C7H6FOS. The van der Waals surface area contributed by atoms with Crippen molar-refractivity contribution in [2.75, 3.05) is 7.11 Å². The topological polar surface area (TPSA) is 9.23 Å². The summed E-state index contributed by atoms with van der Waals surface area (Å²) >= 11 is 4.63. The number of ether oxygens (including phenoxy) is 1. The van der Waals surface area contributed by atoms with E-state index in [4.69, 9.17) is 4.74 Å². The Hall–Kier alpha value is -0.830. The van der Waals surface area contributed by atoms with Crippen LogP contribution in [0.4, 0.5) is 4.39 Å². The third kappa shape index (κ3) is 1.36. The number of rotatable bonds is 1. The molecule has 0 aliphatic rings. The van der Waals surface area contributed by atoms with E-state index in [1.807, 2.05) is 0 Å². The minimum absolute atomic E-state index is 0.223. The molecule has 0 atom stereocenters. The summed E-state index contributed by atoms with van der Waals surface area (Å²) in [6.45, 7) is 0. The summed E-state index contributed by atoms with van der Waals surface area (Å²) in [5.74, 6) is 0.0838. The maximum Gasteiger partial charge on any atom is 0.144 e. The molecule has 0 bridgehead atoms. The van der Waals surface area contributed by atoms with Crippen molar-refractivity contribution in [2.24, 2.45) is 0 Å². The summed E-state index contributed by atoms with van der Waals surface area (Å²) in [5.41, 5.74) is 0. The fourth-order valence-electron chi connectivity index (χ4n) is 0.609. The summed E-state index contributed by atoms with van der Waals surface area (Å²) in [6.07, 6.45) is 0. The van der Waals surface area contributed by atoms with Crippen LogP contribution in [0.5, 0.6) is 5.75 Å². The summed E-state index contributed by atoms with van der Waals surface area (Å²) < 4.78 is 17.3. The first-order valence-electron chi connectivity index (χ1n) is 2.74. The molecule has 1 aromatic carbocycles. The van der Waals surface area contributed by atoms with Crippen molar-refractivity contribution in [2.45, 2.75) is 4.90 Å². The highest BCUT2D eigenvalue weighted by Crippen LogP contribution is 2.18. The van der Waals surface area contributed by atoms with Crippen LogP contribution >= 0.6 is 12.6 Å². The second-order valence-corrected chi connectivity index (χ2v) is 2.24. The number of hydrogen-bond acceptors (Lipinski definition) is 1. The second-order valence-electron chi connectivity index (χ2n) is 1.80. The predicted molar refractivity (Wildman–Crippen MR) is 38.8 cm³/mol. The van der Waals surface area contributed by atoms with Gasteiger partial charge in [0.1, 0.15) is 11.6 Å². The number of benzene rings is 1. The number of hydrogen-bond donors (Lipinski definition) is 0. The van der Waals surface area contributed by atoms with Gasteiger partial charge in [0.15, 0.2) is 0 Å². The van der Waals surface area contributed by atoms with Crippen molar-refractivity contribution in [3.8, 4) is 5.75 Å². The molecule has 0 amide bonds. The average Bonchev–Trinajstić information content (AvgIpc) is 1.95. The Morgan fingerprint density at radius 3 is 2.70 bits per heavy atom. The van der Waals surface area contributed by atoms with E-state index in [1.165, 1.54) is 19.2 Å². The molecule has 0 aromatic heterocycles. The van der Waals surface area contributed by atoms with Crippen LogP contribution in [-0.4, -0.2) is 7.11 Å². The maximum atomic E-state index is 12.6. The predicted octanol–water partition coefficient (Wildman–Crippen LogP) is 2.39. The first-order valence-corrected chi connectivity index (χ1v) is 3.15. The molecule has 1 nitrogen and oxygen atoms in total. The quantitative estimate of drug-likeness (QED) is 0.608. The average molecular weight is 157 g/mol. The molecule has 0 N–H and O–H groups in total. The first-order chi connectivity index (χ1) is 4.74. The number of halogens is 1. The largest absolute Gasteiger partial charge is 0.497 e. The molecular weight excluding hydrogens is 151 g/mol. The van der Waals surface area contributed by atoms with E-state index in [0.717, 1.165) is 0 Å². The van der Waals surface area contributed by atoms with Crippen LogP contribution in [-0.2, 0) is 0 Å². The van der Waals surface area contributed by atoms with Crippen LogP contribution in [0, 0.1) is 5.82 Å². The van der Waals surface area contributed by atoms with Crippen molar-refractivity contribution in [3.63, 3.8) is 0 Å². The first kappa shape index (κ1) is 7.28. The Morgan fingerprint density at radius 2 is 2.20 bits per heavy atom. The van der Waals surface area contributed by atoms with Crippen LogP contribution in [0.2, 0.25) is 0 Å². The van der Waals surface area contributed by atoms with Gasteiger partial charge in [-0.15, -0.1) is 0 Å². The molecule has 0 saturated heterocycles. The van der Waals surface area contributed by atoms with E-state index in [1.54, 1.807) is 6.07 Å². The lowest BCUT2D eigenvalue weighted by Crippen LogP contribution is -1.84. The highest BCUT2D eigenvalue weighted by atomic mass is 32.1. The van der Waals surface area contributed by atoms with E-state index in [-0.39, 0.29) is 4.90 Å². The van der Waals surface area contributed by atoms with Crippen LogP contribution in [0.3, 0.4) is 0 Å². The molecule has 3 heteroatoms. The summed E-state index contributed by atoms with van der Waals surface area (Å²) in [4.78, 5) is 0.223. The minimum atomic E-state index is -0.408. The van der Waals surface area contributed by atoms with Gasteiger partial charge in [0.05, 0.1) is 12.0 Å². The molecule has 53 valence electrons. The lowest BCUT2D eigenvalue weighted by molar-refractivity contribution is 0.410. The summed E-state index contributed by atoms with van der Waals surface area (Å²) in [6, 6.07) is 4.40. The summed E-state index contributed by atoms with van der Waals surface area (Å²) in [5, 5.41) is 0. The molecule has 0 aliphatic carbocycles. The van der Waals surface area contributed by atoms with Gasteiger partial charge in [-0.05, 0) is 12.1 Å². The normalized spacial score (nSPS) is 9.40. The van der Waals surface area contributed by atoms with Crippen molar-refractivity contribution >= 4 is 12.6 Å². The second kappa shape index (κ2) is 2.84. The third-order valence-corrected chi connectivity index (χ3v) is 1.47. The lowest BCUT2D eigenvalue weighted by Gasteiger charge is -1.98. The van der Waals surface area contributed by atoms with Gasteiger partial charge in [0.2, 0.25) is 0 Å². The van der Waals surface area contributed by atoms with Gasteiger partial charge < -0.3 is 4.74 Å². The minimum Gasteiger partial charge on any atom is -0.497 e. The Balaban J connectivity index is 3.04. The van der Waals surface area contributed by atoms with Crippen LogP contribution < -0.4 is 4.74 Å². The zero-order chi connectivity index (χ0) is 7.56. The van der Waals surface area contributed by atoms with Crippen LogP contribution in [0.1, 0.15) is 0 Å². The molecule has 0 saturated carbocycles. The van der Waals surface area contributed by atoms with E-state index in [9.17, 15) is 4.39 Å². The molecule has 0 unspecified atom stereocenters. The highest BCUT2D eigenvalue weighted by molar-refractivity contribution is 7.80. The fourth-order valence-corrected chi connectivity index (χ4v) is 0.736. The molecule has 0 fully saturated rings. The lowest BCUT2D eigenvalue weighted by atomic mass is 10.3. The Kier molecular flexibility index (Phi) is 2.06. The molecule has 1 radical (unpaired) electrons. The third-order valence-electron chi connectivity index (χ3n) is 1.14. The van der Waals surface area contributed by atoms with Gasteiger partial charge >= 0.3 is 0 Å². The van der Waals surface area contributed by atoms with Gasteiger partial charge in [-0.25, -0.2) is 4.39 Å². The van der Waals surface area contributed by atoms with Crippen molar-refractivity contribution in [1.29, 1.82) is 0 Å². The van der Waals surface area contributed by atoms with Gasteiger partial charge in [0, 0.05) is 6.07 Å². The van der Waals surface area contributed by atoms with Crippen molar-refractivity contribution in [1.82, 2.24) is 0 Å². The van der Waals surface area contributed by atoms with Crippen LogP contribution in [0.25, 0.3) is 0 Å². The molecule has 0 spiro atoms. The van der Waals surface area contributed by atoms with E-state index in [2.05, 4.69) is 12.6 Å². The van der Waals surface area contributed by atoms with Gasteiger partial charge in [0.25, 0.3) is 0 Å². The maximum absolute atomic E-state index is 12.6. The molecule has 0 aliphatic heterocycles.